The molecular weight excluding hydrogens is 214 g/mol. The molecule has 0 unspecified atom stereocenters. The van der Waals surface area contributed by atoms with Crippen LogP contribution in [0.2, 0.25) is 0 Å². The number of hydrogen-bond donors (Lipinski definition) is 0. The summed E-state index contributed by atoms with van der Waals surface area (Å²) in [5.74, 6) is 6.95. The van der Waals surface area contributed by atoms with Crippen LogP contribution in [0.3, 0.4) is 0 Å². The SMILES string of the molecule is COc1cc(C)c(C#CCCN=[N+]=[N-])c(C)c1. The molecule has 0 atom stereocenters. The van der Waals surface area contributed by atoms with Gasteiger partial charge in [0.25, 0.3) is 0 Å². The number of azide groups is 1. The molecule has 0 aliphatic rings. The summed E-state index contributed by atoms with van der Waals surface area (Å²) in [4.78, 5) is 2.68. The van der Waals surface area contributed by atoms with Gasteiger partial charge in [-0.2, -0.15) is 0 Å². The van der Waals surface area contributed by atoms with E-state index >= 15 is 0 Å². The first-order valence-electron chi connectivity index (χ1n) is 5.34. The summed E-state index contributed by atoms with van der Waals surface area (Å²) in [6, 6.07) is 3.93. The highest BCUT2D eigenvalue weighted by molar-refractivity contribution is 5.50. The van der Waals surface area contributed by atoms with Crippen LogP contribution in [-0.2, 0) is 0 Å². The lowest BCUT2D eigenvalue weighted by molar-refractivity contribution is 0.414. The van der Waals surface area contributed by atoms with E-state index in [0.717, 1.165) is 22.4 Å². The van der Waals surface area contributed by atoms with Gasteiger partial charge in [-0.1, -0.05) is 17.0 Å². The lowest BCUT2D eigenvalue weighted by atomic mass is 10.0. The van der Waals surface area contributed by atoms with Crippen molar-refractivity contribution in [1.82, 2.24) is 0 Å². The second-order valence-electron chi connectivity index (χ2n) is 3.64. The van der Waals surface area contributed by atoms with E-state index in [0.29, 0.717) is 13.0 Å². The van der Waals surface area contributed by atoms with Gasteiger partial charge in [0.15, 0.2) is 0 Å². The second-order valence-corrected chi connectivity index (χ2v) is 3.64. The van der Waals surface area contributed by atoms with Crippen LogP contribution in [0.25, 0.3) is 10.4 Å². The first-order valence-corrected chi connectivity index (χ1v) is 5.34. The van der Waals surface area contributed by atoms with Crippen molar-refractivity contribution in [2.45, 2.75) is 20.3 Å². The van der Waals surface area contributed by atoms with Gasteiger partial charge >= 0.3 is 0 Å². The lowest BCUT2D eigenvalue weighted by Gasteiger charge is -2.06. The maximum atomic E-state index is 8.12. The summed E-state index contributed by atoms with van der Waals surface area (Å²) in [5.41, 5.74) is 11.3. The zero-order valence-electron chi connectivity index (χ0n) is 10.3. The molecule has 88 valence electrons. The predicted molar refractivity (Wildman–Crippen MR) is 68.0 cm³/mol. The zero-order valence-corrected chi connectivity index (χ0v) is 10.3. The van der Waals surface area contributed by atoms with Crippen LogP contribution in [0.15, 0.2) is 17.2 Å². The van der Waals surface area contributed by atoms with Crippen LogP contribution in [0.4, 0.5) is 0 Å². The molecule has 17 heavy (non-hydrogen) atoms. The summed E-state index contributed by atoms with van der Waals surface area (Å²) < 4.78 is 5.19. The molecule has 0 spiro atoms. The minimum Gasteiger partial charge on any atom is -0.497 e. The third-order valence-corrected chi connectivity index (χ3v) is 2.36. The minimum atomic E-state index is 0.414. The molecule has 0 radical (unpaired) electrons. The molecule has 1 aromatic carbocycles. The molecule has 0 heterocycles. The molecule has 4 nitrogen and oxygen atoms in total. The molecule has 0 aromatic heterocycles. The Kier molecular flexibility index (Phi) is 4.93. The largest absolute Gasteiger partial charge is 0.497 e. The smallest absolute Gasteiger partial charge is 0.119 e. The van der Waals surface area contributed by atoms with E-state index in [4.69, 9.17) is 10.3 Å². The summed E-state index contributed by atoms with van der Waals surface area (Å²) in [6.45, 7) is 4.43. The quantitative estimate of drug-likeness (QED) is 0.258. The van der Waals surface area contributed by atoms with E-state index in [1.54, 1.807) is 7.11 Å². The van der Waals surface area contributed by atoms with Crippen LogP contribution in [0.5, 0.6) is 5.75 Å². The van der Waals surface area contributed by atoms with Gasteiger partial charge < -0.3 is 4.74 Å². The topological polar surface area (TPSA) is 58.0 Å². The fourth-order valence-electron chi connectivity index (χ4n) is 1.54. The van der Waals surface area contributed by atoms with E-state index in [2.05, 4.69) is 21.9 Å². The molecule has 0 amide bonds. The number of aryl methyl sites for hydroxylation is 2. The first-order chi connectivity index (χ1) is 8.19. The van der Waals surface area contributed by atoms with Crippen LogP contribution < -0.4 is 4.74 Å². The highest BCUT2D eigenvalue weighted by Crippen LogP contribution is 2.20. The normalized spacial score (nSPS) is 8.88. The van der Waals surface area contributed by atoms with Crippen molar-refractivity contribution in [3.63, 3.8) is 0 Å². The van der Waals surface area contributed by atoms with E-state index < -0.39 is 0 Å². The van der Waals surface area contributed by atoms with Gasteiger partial charge in [0.05, 0.1) is 7.11 Å². The molecule has 0 saturated carbocycles. The highest BCUT2D eigenvalue weighted by atomic mass is 16.5. The summed E-state index contributed by atoms with van der Waals surface area (Å²) >= 11 is 0. The maximum absolute atomic E-state index is 8.12. The Labute approximate surface area is 101 Å². The third-order valence-electron chi connectivity index (χ3n) is 2.36. The highest BCUT2D eigenvalue weighted by Gasteiger charge is 2.02. The molecule has 0 N–H and O–H groups in total. The predicted octanol–water partition coefficient (Wildman–Crippen LogP) is 3.36. The number of rotatable bonds is 3. The molecule has 0 aliphatic heterocycles. The number of nitrogens with zero attached hydrogens (tertiary/aromatic N) is 3. The van der Waals surface area contributed by atoms with Crippen molar-refractivity contribution in [1.29, 1.82) is 0 Å². The Bertz CT molecular complexity index is 482. The van der Waals surface area contributed by atoms with Gasteiger partial charge in [0.2, 0.25) is 0 Å². The fourth-order valence-corrected chi connectivity index (χ4v) is 1.54. The Morgan fingerprint density at radius 2 is 2.00 bits per heavy atom. The maximum Gasteiger partial charge on any atom is 0.119 e. The van der Waals surface area contributed by atoms with E-state index in [1.165, 1.54) is 0 Å². The van der Waals surface area contributed by atoms with Crippen molar-refractivity contribution in [2.24, 2.45) is 5.11 Å². The number of ether oxygens (including phenoxy) is 1. The van der Waals surface area contributed by atoms with Crippen LogP contribution in [0.1, 0.15) is 23.1 Å². The molecular formula is C13H15N3O. The average Bonchev–Trinajstić information content (AvgIpc) is 2.31. The molecule has 1 rings (SSSR count). The van der Waals surface area contributed by atoms with Gasteiger partial charge in [0.1, 0.15) is 5.75 Å². The fraction of sp³-hybridized carbons (Fsp3) is 0.385. The Balaban J connectivity index is 2.87. The van der Waals surface area contributed by atoms with E-state index in [-0.39, 0.29) is 0 Å². The number of benzene rings is 1. The van der Waals surface area contributed by atoms with Gasteiger partial charge in [0, 0.05) is 23.4 Å². The number of methoxy groups -OCH3 is 1. The first kappa shape index (κ1) is 13.0. The molecule has 0 aliphatic carbocycles. The third kappa shape index (κ3) is 3.75. The number of hydrogen-bond acceptors (Lipinski definition) is 2. The molecule has 0 bridgehead atoms. The van der Waals surface area contributed by atoms with Crippen molar-refractivity contribution in [2.75, 3.05) is 13.7 Å². The minimum absolute atomic E-state index is 0.414. The van der Waals surface area contributed by atoms with Crippen molar-refractivity contribution in [3.05, 3.63) is 39.3 Å². The average molecular weight is 229 g/mol. The summed E-state index contributed by atoms with van der Waals surface area (Å²) in [5, 5.41) is 3.43. The molecule has 0 fully saturated rings. The van der Waals surface area contributed by atoms with Crippen LogP contribution >= 0.6 is 0 Å². The van der Waals surface area contributed by atoms with Gasteiger partial charge in [-0.15, -0.1) is 0 Å². The van der Waals surface area contributed by atoms with Crippen molar-refractivity contribution < 1.29 is 4.74 Å². The summed E-state index contributed by atoms with van der Waals surface area (Å²) in [7, 11) is 1.65. The van der Waals surface area contributed by atoms with Gasteiger partial charge in [-0.05, 0) is 42.6 Å². The van der Waals surface area contributed by atoms with Crippen molar-refractivity contribution >= 4 is 0 Å². The second kappa shape index (κ2) is 6.47. The molecule has 4 heteroatoms. The Hall–Kier alpha value is -2.11. The monoisotopic (exact) mass is 229 g/mol. The summed E-state index contributed by atoms with van der Waals surface area (Å²) in [6.07, 6.45) is 0.578. The van der Waals surface area contributed by atoms with Crippen molar-refractivity contribution in [3.8, 4) is 17.6 Å². The standard InChI is InChI=1S/C13H15N3O/c1-10-8-12(17-3)9-11(2)13(10)6-4-5-7-15-16-14/h8-9H,5,7H2,1-3H3. The van der Waals surface area contributed by atoms with Gasteiger partial charge in [-0.25, -0.2) is 0 Å². The zero-order chi connectivity index (χ0) is 12.7. The lowest BCUT2D eigenvalue weighted by Crippen LogP contribution is -1.91. The van der Waals surface area contributed by atoms with Crippen LogP contribution in [0, 0.1) is 25.7 Å². The Morgan fingerprint density at radius 3 is 2.53 bits per heavy atom. The van der Waals surface area contributed by atoms with Crippen LogP contribution in [-0.4, -0.2) is 13.7 Å². The Morgan fingerprint density at radius 1 is 1.35 bits per heavy atom. The van der Waals surface area contributed by atoms with E-state index in [9.17, 15) is 0 Å². The molecule has 0 saturated heterocycles. The molecule has 1 aromatic rings. The van der Waals surface area contributed by atoms with E-state index in [1.807, 2.05) is 26.0 Å². The van der Waals surface area contributed by atoms with Gasteiger partial charge in [-0.3, -0.25) is 0 Å².